The fourth-order valence-electron chi connectivity index (χ4n) is 6.34. The molecule has 10 heteroatoms. The molecule has 0 amide bonds. The van der Waals surface area contributed by atoms with E-state index in [0.717, 1.165) is 29.8 Å². The molecule has 2 aliphatic carbocycles. The number of hydrogen-bond acceptors (Lipinski definition) is 7. The van der Waals surface area contributed by atoms with E-state index in [1.165, 1.54) is 18.2 Å². The zero-order valence-corrected chi connectivity index (χ0v) is 20.4. The van der Waals surface area contributed by atoms with Gasteiger partial charge in [0, 0.05) is 12.4 Å². The van der Waals surface area contributed by atoms with E-state index in [2.05, 4.69) is 34.1 Å². The zero-order valence-electron chi connectivity index (χ0n) is 20.4. The minimum absolute atomic E-state index is 0.132. The third kappa shape index (κ3) is 3.42. The first-order valence-electron chi connectivity index (χ1n) is 12.2. The average Bonchev–Trinajstić information content (AvgIpc) is 3.51. The van der Waals surface area contributed by atoms with Crippen molar-refractivity contribution in [3.8, 4) is 22.6 Å². The van der Waals surface area contributed by atoms with Gasteiger partial charge in [-0.25, -0.2) is 18.7 Å². The van der Waals surface area contributed by atoms with Gasteiger partial charge in [0.15, 0.2) is 5.82 Å². The monoisotopic (exact) mass is 504 g/mol. The highest BCUT2D eigenvalue weighted by Gasteiger charge is 2.65. The molecule has 0 aliphatic heterocycles. The van der Waals surface area contributed by atoms with Crippen LogP contribution < -0.4 is 0 Å². The van der Waals surface area contributed by atoms with E-state index in [1.807, 2.05) is 6.07 Å². The molecule has 2 bridgehead atoms. The summed E-state index contributed by atoms with van der Waals surface area (Å²) in [6.45, 7) is 4.17. The lowest BCUT2D eigenvalue weighted by molar-refractivity contribution is 0.0783. The molecule has 0 radical (unpaired) electrons. The summed E-state index contributed by atoms with van der Waals surface area (Å²) in [4.78, 5) is 9.40. The molecule has 2 N–H and O–H groups in total. The number of benzene rings is 1. The molecule has 4 aromatic rings. The van der Waals surface area contributed by atoms with Crippen LogP contribution in [0.25, 0.3) is 22.6 Å². The second-order valence-electron chi connectivity index (χ2n) is 10.4. The number of aromatic nitrogens is 6. The Balaban J connectivity index is 1.43. The topological polar surface area (TPSA) is 110 Å². The number of hydrogen-bond donors (Lipinski definition) is 2. The van der Waals surface area contributed by atoms with Gasteiger partial charge in [-0.05, 0) is 54.0 Å². The maximum Gasteiger partial charge on any atom is 0.162 e. The van der Waals surface area contributed by atoms with Gasteiger partial charge < -0.3 is 10.2 Å². The smallest absolute Gasteiger partial charge is 0.162 e. The summed E-state index contributed by atoms with van der Waals surface area (Å²) in [6, 6.07) is 7.46. The second-order valence-corrected chi connectivity index (χ2v) is 10.4. The number of aliphatic hydroxyl groups is 2. The van der Waals surface area contributed by atoms with Crippen LogP contribution in [-0.4, -0.2) is 52.9 Å². The SMILES string of the molecule is CC1(C)[C@H]2CC[C@@]1(c1ccnc(-c3cnn(C[C@H](O)CO)c3)n1)c1nnc(-c3c(F)cccc3F)cc12. The largest absolute Gasteiger partial charge is 0.394 e. The van der Waals surface area contributed by atoms with Gasteiger partial charge >= 0.3 is 0 Å². The van der Waals surface area contributed by atoms with Gasteiger partial charge in [0.25, 0.3) is 0 Å². The highest BCUT2D eigenvalue weighted by atomic mass is 19.1. The van der Waals surface area contributed by atoms with Crippen LogP contribution in [0.5, 0.6) is 0 Å². The van der Waals surface area contributed by atoms with Crippen LogP contribution in [0.2, 0.25) is 0 Å². The van der Waals surface area contributed by atoms with Crippen molar-refractivity contribution in [1.82, 2.24) is 29.9 Å². The van der Waals surface area contributed by atoms with E-state index in [4.69, 9.17) is 10.1 Å². The van der Waals surface area contributed by atoms with Gasteiger partial charge in [0.05, 0.1) is 59.1 Å². The quantitative estimate of drug-likeness (QED) is 0.413. The molecule has 0 unspecified atom stereocenters. The molecule has 3 heterocycles. The molecule has 0 spiro atoms. The van der Waals surface area contributed by atoms with E-state index >= 15 is 0 Å². The van der Waals surface area contributed by atoms with Gasteiger partial charge in [-0.15, -0.1) is 5.10 Å². The fraction of sp³-hybridized carbons (Fsp3) is 0.370. The van der Waals surface area contributed by atoms with E-state index in [1.54, 1.807) is 29.3 Å². The standard InChI is InChI=1S/C27H26F2N6O2/c1-26(2)18-6-8-27(26,24-17(18)10-21(33-34-24)23-19(28)4-3-5-20(23)29)22-7-9-30-25(32-22)15-11-31-35(12-15)13-16(37)14-36/h3-5,7,9-12,16,18,36-37H,6,8,13-14H2,1-2H3/t16-,18-,27+/m0/s1. The van der Waals surface area contributed by atoms with Crippen LogP contribution in [0, 0.1) is 17.0 Å². The molecule has 1 aromatic carbocycles. The number of nitrogens with zero attached hydrogens (tertiary/aromatic N) is 6. The van der Waals surface area contributed by atoms with Crippen molar-refractivity contribution < 1.29 is 19.0 Å². The fourth-order valence-corrected chi connectivity index (χ4v) is 6.34. The summed E-state index contributed by atoms with van der Waals surface area (Å²) in [6.07, 6.45) is 5.87. The van der Waals surface area contributed by atoms with Crippen molar-refractivity contribution in [3.05, 3.63) is 77.5 Å². The molecule has 3 aromatic heterocycles. The first-order chi connectivity index (χ1) is 17.8. The Kier molecular flexibility index (Phi) is 5.43. The molecule has 190 valence electrons. The normalized spacial score (nSPS) is 22.3. The van der Waals surface area contributed by atoms with Crippen LogP contribution in [0.1, 0.15) is 49.6 Å². The van der Waals surface area contributed by atoms with Crippen molar-refractivity contribution in [2.24, 2.45) is 5.41 Å². The third-order valence-electron chi connectivity index (χ3n) is 8.19. The molecular formula is C27H26F2N6O2. The zero-order chi connectivity index (χ0) is 25.9. The minimum atomic E-state index is -0.911. The lowest BCUT2D eigenvalue weighted by Gasteiger charge is -2.37. The van der Waals surface area contributed by atoms with E-state index in [0.29, 0.717) is 11.4 Å². The first-order valence-corrected chi connectivity index (χ1v) is 12.2. The maximum atomic E-state index is 14.5. The lowest BCUT2D eigenvalue weighted by Crippen LogP contribution is -2.38. The first kappa shape index (κ1) is 23.7. The summed E-state index contributed by atoms with van der Waals surface area (Å²) in [5, 5.41) is 32.0. The van der Waals surface area contributed by atoms with Crippen molar-refractivity contribution >= 4 is 0 Å². The van der Waals surface area contributed by atoms with Gasteiger partial charge in [-0.3, -0.25) is 4.68 Å². The summed E-state index contributed by atoms with van der Waals surface area (Å²) >= 11 is 0. The van der Waals surface area contributed by atoms with E-state index in [-0.39, 0.29) is 35.7 Å². The molecule has 1 saturated carbocycles. The Bertz CT molecular complexity index is 1490. The Labute approximate surface area is 212 Å². The predicted octanol–water partition coefficient (Wildman–Crippen LogP) is 3.63. The van der Waals surface area contributed by atoms with Crippen LogP contribution in [0.3, 0.4) is 0 Å². The molecule has 8 nitrogen and oxygen atoms in total. The predicted molar refractivity (Wildman–Crippen MR) is 130 cm³/mol. The Morgan fingerprint density at radius 3 is 2.70 bits per heavy atom. The van der Waals surface area contributed by atoms with Gasteiger partial charge in [-0.2, -0.15) is 10.2 Å². The maximum absolute atomic E-state index is 14.5. The number of aliphatic hydroxyl groups excluding tert-OH is 2. The molecule has 1 fully saturated rings. The van der Waals surface area contributed by atoms with Crippen molar-refractivity contribution in [2.75, 3.05) is 6.61 Å². The van der Waals surface area contributed by atoms with Crippen molar-refractivity contribution in [2.45, 2.75) is 50.7 Å². The van der Waals surface area contributed by atoms with E-state index < -0.39 is 23.2 Å². The Hall–Kier alpha value is -3.63. The Morgan fingerprint density at radius 2 is 1.95 bits per heavy atom. The molecule has 3 atom stereocenters. The summed E-state index contributed by atoms with van der Waals surface area (Å²) in [5.41, 5.74) is 2.46. The van der Waals surface area contributed by atoms with Crippen LogP contribution in [-0.2, 0) is 12.0 Å². The Morgan fingerprint density at radius 1 is 1.16 bits per heavy atom. The summed E-state index contributed by atoms with van der Waals surface area (Å²) < 4.78 is 30.6. The number of halogens is 2. The van der Waals surface area contributed by atoms with Gasteiger partial charge in [0.2, 0.25) is 0 Å². The number of rotatable bonds is 6. The lowest BCUT2D eigenvalue weighted by atomic mass is 9.66. The molecular weight excluding hydrogens is 478 g/mol. The van der Waals surface area contributed by atoms with Gasteiger partial charge in [0.1, 0.15) is 11.6 Å². The minimum Gasteiger partial charge on any atom is -0.394 e. The molecule has 0 saturated heterocycles. The third-order valence-corrected chi connectivity index (χ3v) is 8.19. The highest BCUT2D eigenvalue weighted by molar-refractivity contribution is 5.64. The molecule has 6 rings (SSSR count). The van der Waals surface area contributed by atoms with Crippen molar-refractivity contribution in [1.29, 1.82) is 0 Å². The molecule has 2 aliphatic rings. The van der Waals surface area contributed by atoms with Crippen LogP contribution >= 0.6 is 0 Å². The van der Waals surface area contributed by atoms with Crippen LogP contribution in [0.4, 0.5) is 8.78 Å². The summed E-state index contributed by atoms with van der Waals surface area (Å²) in [7, 11) is 0. The molecule has 37 heavy (non-hydrogen) atoms. The average molecular weight is 505 g/mol. The second kappa shape index (κ2) is 8.46. The highest BCUT2D eigenvalue weighted by Crippen LogP contribution is 2.69. The van der Waals surface area contributed by atoms with Crippen molar-refractivity contribution in [3.63, 3.8) is 0 Å². The van der Waals surface area contributed by atoms with Gasteiger partial charge in [-0.1, -0.05) is 19.9 Å². The summed E-state index contributed by atoms with van der Waals surface area (Å²) in [5.74, 6) is -0.715. The van der Waals surface area contributed by atoms with E-state index in [9.17, 15) is 13.9 Å². The number of fused-ring (bicyclic) bond motifs is 5. The van der Waals surface area contributed by atoms with Crippen LogP contribution in [0.15, 0.2) is 48.9 Å².